The fraction of sp³-hybridized carbons (Fsp3) is 0.400. The Balaban J connectivity index is 1.44. The van der Waals surface area contributed by atoms with Crippen LogP contribution in [0.25, 0.3) is 11.1 Å². The van der Waals surface area contributed by atoms with Gasteiger partial charge in [0.05, 0.1) is 0 Å². The van der Waals surface area contributed by atoms with Crippen LogP contribution in [0.4, 0.5) is 4.79 Å². The number of hydrogen-bond acceptors (Lipinski definition) is 4. The van der Waals surface area contributed by atoms with Gasteiger partial charge in [0.2, 0.25) is 5.91 Å². The van der Waals surface area contributed by atoms with E-state index < -0.39 is 17.6 Å². The smallest absolute Gasteiger partial charge is 0.407 e. The minimum absolute atomic E-state index is 0.00635. The molecule has 0 aliphatic heterocycles. The van der Waals surface area contributed by atoms with Crippen molar-refractivity contribution < 1.29 is 24.2 Å². The van der Waals surface area contributed by atoms with Crippen LogP contribution in [0.3, 0.4) is 0 Å². The molecule has 0 heterocycles. The number of hydrogen-bond donors (Lipinski definition) is 3. The van der Waals surface area contributed by atoms with Crippen LogP contribution in [0.15, 0.2) is 48.5 Å². The topological polar surface area (TPSA) is 105 Å². The lowest BCUT2D eigenvalue weighted by molar-refractivity contribution is -0.146. The zero-order chi connectivity index (χ0) is 23.3. The molecule has 0 bridgehead atoms. The zero-order valence-electron chi connectivity index (χ0n) is 18.7. The van der Waals surface area contributed by atoms with Crippen LogP contribution in [0.2, 0.25) is 0 Å². The molecular formula is C25H30N2O5. The maximum Gasteiger partial charge on any atom is 0.407 e. The Morgan fingerprint density at radius 1 is 1.03 bits per heavy atom. The average Bonchev–Trinajstić information content (AvgIpc) is 3.08. The Kier molecular flexibility index (Phi) is 7.18. The Morgan fingerprint density at radius 2 is 1.59 bits per heavy atom. The molecule has 1 aliphatic carbocycles. The van der Waals surface area contributed by atoms with Gasteiger partial charge in [-0.3, -0.25) is 4.79 Å². The van der Waals surface area contributed by atoms with Crippen LogP contribution in [0.5, 0.6) is 0 Å². The minimum Gasteiger partial charge on any atom is -0.480 e. The van der Waals surface area contributed by atoms with Crippen LogP contribution in [0.1, 0.15) is 50.7 Å². The quantitative estimate of drug-likeness (QED) is 0.550. The summed E-state index contributed by atoms with van der Waals surface area (Å²) >= 11 is 0. The van der Waals surface area contributed by atoms with Gasteiger partial charge >= 0.3 is 12.1 Å². The van der Waals surface area contributed by atoms with Gasteiger partial charge in [-0.25, -0.2) is 9.59 Å². The SMILES string of the molecule is CC(CCC(=O)NC(C)(C)C(=O)O)CNC(=O)OCC1c2ccccc2-c2ccccc21. The molecule has 2 aromatic rings. The molecular weight excluding hydrogens is 408 g/mol. The molecule has 170 valence electrons. The second-order valence-electron chi connectivity index (χ2n) is 8.83. The summed E-state index contributed by atoms with van der Waals surface area (Å²) in [6, 6.07) is 16.3. The molecule has 3 N–H and O–H groups in total. The first-order valence-corrected chi connectivity index (χ1v) is 10.8. The number of alkyl carbamates (subject to hydrolysis) is 1. The van der Waals surface area contributed by atoms with Gasteiger partial charge in [0.15, 0.2) is 0 Å². The predicted octanol–water partition coefficient (Wildman–Crippen LogP) is 3.92. The number of aliphatic carboxylic acids is 1. The standard InChI is InChI=1S/C25H30N2O5/c1-16(12-13-22(28)27-25(2,3)23(29)30)14-26-24(31)32-15-21-19-10-6-4-8-17(19)18-9-5-7-11-20(18)21/h4-11,16,21H,12-15H2,1-3H3,(H,26,31)(H,27,28)(H,29,30). The fourth-order valence-electron chi connectivity index (χ4n) is 3.85. The van der Waals surface area contributed by atoms with Crippen LogP contribution in [0, 0.1) is 5.92 Å². The lowest BCUT2D eigenvalue weighted by Gasteiger charge is -2.21. The van der Waals surface area contributed by atoms with E-state index in [1.54, 1.807) is 0 Å². The summed E-state index contributed by atoms with van der Waals surface area (Å²) in [5, 5.41) is 14.3. The molecule has 1 aliphatic rings. The van der Waals surface area contributed by atoms with Gasteiger partial charge in [-0.1, -0.05) is 55.5 Å². The molecule has 3 rings (SSSR count). The van der Waals surface area contributed by atoms with E-state index in [9.17, 15) is 14.4 Å². The van der Waals surface area contributed by atoms with Crippen molar-refractivity contribution in [3.8, 4) is 11.1 Å². The third-order valence-corrected chi connectivity index (χ3v) is 5.79. The molecule has 0 spiro atoms. The average molecular weight is 439 g/mol. The third-order valence-electron chi connectivity index (χ3n) is 5.79. The zero-order valence-corrected chi connectivity index (χ0v) is 18.7. The van der Waals surface area contributed by atoms with E-state index in [1.165, 1.54) is 25.0 Å². The summed E-state index contributed by atoms with van der Waals surface area (Å²) in [4.78, 5) is 35.3. The second-order valence-corrected chi connectivity index (χ2v) is 8.83. The normalized spacial score (nSPS) is 13.6. The van der Waals surface area contributed by atoms with Gasteiger partial charge in [-0.15, -0.1) is 0 Å². The number of nitrogens with one attached hydrogen (secondary N) is 2. The van der Waals surface area contributed by atoms with Crippen LogP contribution >= 0.6 is 0 Å². The van der Waals surface area contributed by atoms with E-state index in [-0.39, 0.29) is 30.8 Å². The Morgan fingerprint density at radius 3 is 2.16 bits per heavy atom. The Hall–Kier alpha value is -3.35. The largest absolute Gasteiger partial charge is 0.480 e. The summed E-state index contributed by atoms with van der Waals surface area (Å²) < 4.78 is 5.51. The van der Waals surface area contributed by atoms with Gasteiger partial charge in [0, 0.05) is 18.9 Å². The molecule has 0 fully saturated rings. The second kappa shape index (κ2) is 9.85. The van der Waals surface area contributed by atoms with E-state index in [2.05, 4.69) is 34.9 Å². The summed E-state index contributed by atoms with van der Waals surface area (Å²) in [7, 11) is 0. The highest BCUT2D eigenvalue weighted by Crippen LogP contribution is 2.44. The molecule has 0 saturated heterocycles. The van der Waals surface area contributed by atoms with Crippen molar-refractivity contribution >= 4 is 18.0 Å². The first-order chi connectivity index (χ1) is 15.2. The molecule has 0 aromatic heterocycles. The van der Waals surface area contributed by atoms with Crippen molar-refractivity contribution in [2.24, 2.45) is 5.92 Å². The number of carbonyl (C=O) groups is 3. The number of carbonyl (C=O) groups excluding carboxylic acids is 2. The number of ether oxygens (including phenoxy) is 1. The number of carboxylic acids is 1. The Labute approximate surface area is 188 Å². The van der Waals surface area contributed by atoms with Crippen molar-refractivity contribution in [3.05, 3.63) is 59.7 Å². The van der Waals surface area contributed by atoms with Crippen LogP contribution < -0.4 is 10.6 Å². The van der Waals surface area contributed by atoms with Crippen molar-refractivity contribution in [1.29, 1.82) is 0 Å². The van der Waals surface area contributed by atoms with E-state index in [0.717, 1.165) is 11.1 Å². The van der Waals surface area contributed by atoms with Gasteiger partial charge < -0.3 is 20.5 Å². The van der Waals surface area contributed by atoms with Gasteiger partial charge in [-0.05, 0) is 48.4 Å². The van der Waals surface area contributed by atoms with Gasteiger partial charge in [0.1, 0.15) is 12.1 Å². The molecule has 0 radical (unpaired) electrons. The molecule has 7 nitrogen and oxygen atoms in total. The maximum atomic E-state index is 12.3. The van der Waals surface area contributed by atoms with Gasteiger partial charge in [0.25, 0.3) is 0 Å². The summed E-state index contributed by atoms with van der Waals surface area (Å²) in [5.41, 5.74) is 3.36. The number of fused-ring (bicyclic) bond motifs is 3. The van der Waals surface area contributed by atoms with E-state index in [1.807, 2.05) is 31.2 Å². The maximum absolute atomic E-state index is 12.3. The van der Waals surface area contributed by atoms with Crippen molar-refractivity contribution in [1.82, 2.24) is 10.6 Å². The first kappa shape index (κ1) is 23.3. The number of rotatable bonds is 9. The fourth-order valence-corrected chi connectivity index (χ4v) is 3.85. The lowest BCUT2D eigenvalue weighted by Crippen LogP contribution is -2.49. The first-order valence-electron chi connectivity index (χ1n) is 10.8. The molecule has 1 atom stereocenters. The molecule has 32 heavy (non-hydrogen) atoms. The van der Waals surface area contributed by atoms with Crippen molar-refractivity contribution in [2.45, 2.75) is 45.1 Å². The minimum atomic E-state index is -1.31. The number of benzene rings is 2. The lowest BCUT2D eigenvalue weighted by atomic mass is 9.98. The monoisotopic (exact) mass is 438 g/mol. The Bertz CT molecular complexity index is 956. The van der Waals surface area contributed by atoms with Crippen molar-refractivity contribution in [2.75, 3.05) is 13.2 Å². The highest BCUT2D eigenvalue weighted by molar-refractivity contribution is 5.86. The van der Waals surface area contributed by atoms with Crippen molar-refractivity contribution in [3.63, 3.8) is 0 Å². The molecule has 2 aromatic carbocycles. The summed E-state index contributed by atoms with van der Waals surface area (Å²) in [6.07, 6.45) is 0.213. The van der Waals surface area contributed by atoms with E-state index in [4.69, 9.17) is 9.84 Å². The van der Waals surface area contributed by atoms with Crippen LogP contribution in [-0.4, -0.2) is 41.8 Å². The molecule has 1 unspecified atom stereocenters. The third kappa shape index (κ3) is 5.46. The molecule has 0 saturated carbocycles. The van der Waals surface area contributed by atoms with Gasteiger partial charge in [-0.2, -0.15) is 0 Å². The predicted molar refractivity (Wildman–Crippen MR) is 121 cm³/mol. The molecule has 7 heteroatoms. The highest BCUT2D eigenvalue weighted by Gasteiger charge is 2.30. The molecule has 2 amide bonds. The number of amides is 2. The highest BCUT2D eigenvalue weighted by atomic mass is 16.5. The van der Waals surface area contributed by atoms with E-state index in [0.29, 0.717) is 13.0 Å². The number of carboxylic acid groups (broad SMARTS) is 1. The summed E-state index contributed by atoms with van der Waals surface area (Å²) in [6.45, 7) is 5.41. The summed E-state index contributed by atoms with van der Waals surface area (Å²) in [5.74, 6) is -1.37. The van der Waals surface area contributed by atoms with E-state index >= 15 is 0 Å². The van der Waals surface area contributed by atoms with Crippen LogP contribution in [-0.2, 0) is 14.3 Å².